The molecule has 1 amide bonds. The summed E-state index contributed by atoms with van der Waals surface area (Å²) in [4.78, 5) is 37.9. The first kappa shape index (κ1) is 19.4. The van der Waals surface area contributed by atoms with Gasteiger partial charge in [-0.25, -0.2) is 9.78 Å². The molecule has 2 aliphatic heterocycles. The predicted octanol–water partition coefficient (Wildman–Crippen LogP) is 2.50. The van der Waals surface area contributed by atoms with Crippen LogP contribution in [0.3, 0.4) is 0 Å². The van der Waals surface area contributed by atoms with E-state index in [0.29, 0.717) is 35.5 Å². The van der Waals surface area contributed by atoms with Crippen molar-refractivity contribution in [2.75, 3.05) is 6.54 Å². The van der Waals surface area contributed by atoms with Crippen molar-refractivity contribution < 1.29 is 18.8 Å². The van der Waals surface area contributed by atoms with Gasteiger partial charge in [0.25, 0.3) is 5.91 Å². The number of fused-ring (bicyclic) bond motifs is 2. The molecule has 2 unspecified atom stereocenters. The van der Waals surface area contributed by atoms with Crippen LogP contribution in [-0.4, -0.2) is 45.2 Å². The number of H-pyrrole nitrogens is 1. The minimum absolute atomic E-state index is 0.0469. The number of halogens is 2. The monoisotopic (exact) mass is 419 g/mol. The predicted molar refractivity (Wildman–Crippen MR) is 103 cm³/mol. The van der Waals surface area contributed by atoms with Gasteiger partial charge in [0.15, 0.2) is 0 Å². The largest absolute Gasteiger partial charge is 0.384 e. The minimum Gasteiger partial charge on any atom is -0.384 e. The molecule has 2 aromatic heterocycles. The summed E-state index contributed by atoms with van der Waals surface area (Å²) in [5, 5.41) is 4.13. The van der Waals surface area contributed by atoms with Crippen LogP contribution in [-0.2, 0) is 11.3 Å². The lowest BCUT2D eigenvalue weighted by molar-refractivity contribution is 0.0490. The Morgan fingerprint density at radius 1 is 1.38 bits per heavy atom. The molecule has 4 heterocycles. The summed E-state index contributed by atoms with van der Waals surface area (Å²) in [5.41, 5.74) is 7.29. The molecule has 10 heteroatoms. The molecule has 0 radical (unpaired) electrons. The number of carbonyl (C=O) groups excluding carboxylic acids is 2. The minimum atomic E-state index is -0.707. The molecule has 8 nitrogen and oxygen atoms in total. The van der Waals surface area contributed by atoms with Crippen molar-refractivity contribution in [1.29, 1.82) is 0 Å². The number of nitrogens with zero attached hydrogens (tertiary/aromatic N) is 3. The van der Waals surface area contributed by atoms with E-state index in [4.69, 9.17) is 22.2 Å². The van der Waals surface area contributed by atoms with E-state index in [1.54, 1.807) is 4.90 Å². The van der Waals surface area contributed by atoms with E-state index in [2.05, 4.69) is 15.1 Å². The van der Waals surface area contributed by atoms with Gasteiger partial charge < -0.3 is 20.5 Å². The topological polar surface area (TPSA) is 114 Å². The fraction of sp³-hybridized carbons (Fsp3) is 0.368. The molecule has 2 aliphatic rings. The Balaban J connectivity index is 1.47. The number of amidine groups is 1. The van der Waals surface area contributed by atoms with Crippen molar-refractivity contribution in [1.82, 2.24) is 14.9 Å². The van der Waals surface area contributed by atoms with Crippen LogP contribution in [0.4, 0.5) is 4.39 Å². The van der Waals surface area contributed by atoms with Crippen LogP contribution in [0, 0.1) is 11.9 Å². The third kappa shape index (κ3) is 3.95. The van der Waals surface area contributed by atoms with Gasteiger partial charge in [-0.2, -0.15) is 4.39 Å². The lowest BCUT2D eigenvalue weighted by Gasteiger charge is -2.38. The summed E-state index contributed by atoms with van der Waals surface area (Å²) in [7, 11) is 0. The number of nitrogens with two attached hydrogens (primary N) is 1. The van der Waals surface area contributed by atoms with Crippen LogP contribution < -0.4 is 5.73 Å². The Hall–Kier alpha value is -2.94. The first-order chi connectivity index (χ1) is 13.9. The smallest absolute Gasteiger partial charge is 0.381 e. The van der Waals surface area contributed by atoms with Crippen molar-refractivity contribution in [2.45, 2.75) is 31.7 Å². The Morgan fingerprint density at radius 2 is 2.21 bits per heavy atom. The Bertz CT molecular complexity index is 992. The molecule has 1 saturated heterocycles. The quantitative estimate of drug-likeness (QED) is 0.261. The number of aryl methyl sites for hydroxylation is 1. The second kappa shape index (κ2) is 7.82. The summed E-state index contributed by atoms with van der Waals surface area (Å²) in [6.07, 6.45) is 5.55. The van der Waals surface area contributed by atoms with E-state index >= 15 is 0 Å². The van der Waals surface area contributed by atoms with E-state index in [0.717, 1.165) is 12.8 Å². The van der Waals surface area contributed by atoms with Crippen molar-refractivity contribution in [3.63, 3.8) is 0 Å². The molecule has 0 aromatic carbocycles. The van der Waals surface area contributed by atoms with E-state index in [9.17, 15) is 14.0 Å². The maximum absolute atomic E-state index is 13.4. The highest BCUT2D eigenvalue weighted by atomic mass is 35.5. The number of aromatic nitrogens is 2. The van der Waals surface area contributed by atoms with Crippen molar-refractivity contribution >= 4 is 29.3 Å². The van der Waals surface area contributed by atoms with Gasteiger partial charge in [0, 0.05) is 30.9 Å². The molecule has 3 N–H and O–H groups in total. The summed E-state index contributed by atoms with van der Waals surface area (Å²) >= 11 is 5.76. The highest BCUT2D eigenvalue weighted by Crippen LogP contribution is 2.31. The van der Waals surface area contributed by atoms with Gasteiger partial charge in [-0.15, -0.1) is 0 Å². The molecule has 0 saturated carbocycles. The van der Waals surface area contributed by atoms with Gasteiger partial charge in [0.05, 0.1) is 10.6 Å². The van der Waals surface area contributed by atoms with Gasteiger partial charge in [-0.1, -0.05) is 16.8 Å². The summed E-state index contributed by atoms with van der Waals surface area (Å²) in [6.45, 7) is 0.349. The van der Waals surface area contributed by atoms with Crippen molar-refractivity contribution in [3.05, 3.63) is 52.3 Å². The number of pyridine rings is 1. The van der Waals surface area contributed by atoms with Crippen molar-refractivity contribution in [3.8, 4) is 0 Å². The van der Waals surface area contributed by atoms with E-state index in [1.807, 2.05) is 0 Å². The molecular formula is C19H19ClFN5O3. The number of rotatable bonds is 3. The van der Waals surface area contributed by atoms with Crippen LogP contribution in [0.2, 0.25) is 5.02 Å². The average Bonchev–Trinajstić information content (AvgIpc) is 3.10. The molecule has 2 aromatic rings. The van der Waals surface area contributed by atoms with E-state index in [-0.39, 0.29) is 29.4 Å². The number of carbonyl (C=O) groups is 2. The summed E-state index contributed by atoms with van der Waals surface area (Å²) < 4.78 is 13.4. The van der Waals surface area contributed by atoms with Crippen LogP contribution >= 0.6 is 11.6 Å². The molecule has 2 atom stereocenters. The molecule has 0 spiro atoms. The Kier molecular flexibility index (Phi) is 5.23. The number of hydrogen-bond acceptors (Lipinski definition) is 5. The maximum Gasteiger partial charge on any atom is 0.381 e. The zero-order valence-corrected chi connectivity index (χ0v) is 16.2. The van der Waals surface area contributed by atoms with Crippen LogP contribution in [0.25, 0.3) is 0 Å². The number of oxime groups is 1. The van der Waals surface area contributed by atoms with Crippen LogP contribution in [0.1, 0.15) is 45.7 Å². The first-order valence-electron chi connectivity index (χ1n) is 9.26. The molecular weight excluding hydrogens is 401 g/mol. The molecule has 29 heavy (non-hydrogen) atoms. The van der Waals surface area contributed by atoms with Gasteiger partial charge >= 0.3 is 5.97 Å². The van der Waals surface area contributed by atoms with Gasteiger partial charge in [0.2, 0.25) is 5.95 Å². The second-order valence-electron chi connectivity index (χ2n) is 7.21. The Morgan fingerprint density at radius 3 is 2.97 bits per heavy atom. The SMILES string of the molecule is N/C(=N\OC(=O)c1cc(Cl)c[nH]1)C1CCC2CCc3cc(F)ncc3C(=O)N2C1. The van der Waals surface area contributed by atoms with Crippen molar-refractivity contribution in [2.24, 2.45) is 16.8 Å². The first-order valence-corrected chi connectivity index (χ1v) is 9.64. The third-order valence-electron chi connectivity index (χ3n) is 5.42. The van der Waals surface area contributed by atoms with Gasteiger partial charge in [-0.05, 0) is 43.4 Å². The number of amides is 1. The van der Waals surface area contributed by atoms with Crippen LogP contribution in [0.15, 0.2) is 29.7 Å². The third-order valence-corrected chi connectivity index (χ3v) is 5.64. The molecule has 152 valence electrons. The summed E-state index contributed by atoms with van der Waals surface area (Å²) in [5.74, 6) is -1.59. The normalized spacial score (nSPS) is 21.9. The van der Waals surface area contributed by atoms with Crippen LogP contribution in [0.5, 0.6) is 0 Å². The van der Waals surface area contributed by atoms with E-state index in [1.165, 1.54) is 24.5 Å². The van der Waals surface area contributed by atoms with Gasteiger partial charge in [-0.3, -0.25) is 4.79 Å². The average molecular weight is 420 g/mol. The fourth-order valence-corrected chi connectivity index (χ4v) is 4.03. The number of piperidine rings is 1. The number of hydrogen-bond donors (Lipinski definition) is 2. The molecule has 1 fully saturated rings. The lowest BCUT2D eigenvalue weighted by Crippen LogP contribution is -2.49. The summed E-state index contributed by atoms with van der Waals surface area (Å²) in [6, 6.07) is 2.79. The molecule has 4 rings (SSSR count). The lowest BCUT2D eigenvalue weighted by atomic mass is 9.90. The highest BCUT2D eigenvalue weighted by molar-refractivity contribution is 6.30. The number of aromatic amines is 1. The second-order valence-corrected chi connectivity index (χ2v) is 7.65. The zero-order chi connectivity index (χ0) is 20.5. The van der Waals surface area contributed by atoms with Gasteiger partial charge in [0.1, 0.15) is 11.5 Å². The fourth-order valence-electron chi connectivity index (χ4n) is 3.87. The molecule has 0 bridgehead atoms. The Labute approximate surface area is 170 Å². The number of nitrogens with one attached hydrogen (secondary N) is 1. The standard InChI is InChI=1S/C19H19ClFN5O3/c20-12-6-15(23-7-12)19(28)29-25-17(22)11-2-4-13-3-1-10-5-16(21)24-8-14(10)18(27)26(13)9-11/h5-8,11,13,23H,1-4,9H2,(H2,22,25). The maximum atomic E-state index is 13.4. The van der Waals surface area contributed by atoms with E-state index < -0.39 is 11.9 Å². The zero-order valence-electron chi connectivity index (χ0n) is 15.4. The highest BCUT2D eigenvalue weighted by Gasteiger charge is 2.36. The molecule has 0 aliphatic carbocycles.